The smallest absolute Gasteiger partial charge is 0.264 e. The van der Waals surface area contributed by atoms with Gasteiger partial charge in [-0.25, -0.2) is 13.9 Å². The molecule has 0 aromatic carbocycles. The molecule has 1 atom stereocenters. The quantitative estimate of drug-likeness (QED) is 0.577. The summed E-state index contributed by atoms with van der Waals surface area (Å²) in [6, 6.07) is 8.16. The van der Waals surface area contributed by atoms with E-state index in [1.807, 2.05) is 17.5 Å². The molecule has 2 rings (SSSR count). The Balaban J connectivity index is 2.02. The molecular formula is C15H19NO4S3. The van der Waals surface area contributed by atoms with E-state index in [-0.39, 0.29) is 6.42 Å². The van der Waals surface area contributed by atoms with Gasteiger partial charge in [-0.05, 0) is 49.8 Å². The van der Waals surface area contributed by atoms with E-state index in [2.05, 4.69) is 12.1 Å². The fourth-order valence-corrected chi connectivity index (χ4v) is 5.03. The van der Waals surface area contributed by atoms with Gasteiger partial charge >= 0.3 is 0 Å². The number of thiophene rings is 2. The number of aryl methyl sites for hydroxylation is 1. The molecule has 0 aliphatic rings. The molecule has 1 amide bonds. The summed E-state index contributed by atoms with van der Waals surface area (Å²) >= 11 is 3.35. The summed E-state index contributed by atoms with van der Waals surface area (Å²) in [5, 5.41) is 10.8. The number of hydroxylamine groups is 1. The van der Waals surface area contributed by atoms with Crippen molar-refractivity contribution in [2.75, 3.05) is 6.26 Å². The van der Waals surface area contributed by atoms with Crippen molar-refractivity contribution in [2.24, 2.45) is 0 Å². The average Bonchev–Trinajstić information content (AvgIpc) is 3.15. The van der Waals surface area contributed by atoms with Crippen molar-refractivity contribution in [1.29, 1.82) is 0 Å². The Morgan fingerprint density at radius 2 is 2.04 bits per heavy atom. The topological polar surface area (TPSA) is 83.5 Å². The van der Waals surface area contributed by atoms with Crippen molar-refractivity contribution in [2.45, 2.75) is 30.9 Å². The predicted octanol–water partition coefficient (Wildman–Crippen LogP) is 3.11. The first-order valence-electron chi connectivity index (χ1n) is 7.04. The summed E-state index contributed by atoms with van der Waals surface area (Å²) in [4.78, 5) is 15.3. The lowest BCUT2D eigenvalue weighted by Gasteiger charge is -2.24. The summed E-state index contributed by atoms with van der Waals surface area (Å²) < 4.78 is 22.2. The number of amides is 1. The minimum Gasteiger partial charge on any atom is -0.289 e. The molecule has 23 heavy (non-hydrogen) atoms. The van der Waals surface area contributed by atoms with Crippen molar-refractivity contribution < 1.29 is 18.4 Å². The molecule has 126 valence electrons. The lowest BCUT2D eigenvalue weighted by atomic mass is 10.0. The van der Waals surface area contributed by atoms with Crippen LogP contribution in [0.25, 0.3) is 9.75 Å². The van der Waals surface area contributed by atoms with Crippen molar-refractivity contribution in [3.8, 4) is 9.75 Å². The highest BCUT2D eigenvalue weighted by atomic mass is 32.2. The van der Waals surface area contributed by atoms with Gasteiger partial charge in [0.1, 0.15) is 4.75 Å². The average molecular weight is 374 g/mol. The number of nitrogens with one attached hydrogen (secondary N) is 1. The molecule has 8 heteroatoms. The lowest BCUT2D eigenvalue weighted by Crippen LogP contribution is -2.49. The molecule has 5 nitrogen and oxygen atoms in total. The second-order valence-electron chi connectivity index (χ2n) is 5.54. The predicted molar refractivity (Wildman–Crippen MR) is 93.7 cm³/mol. The second-order valence-corrected chi connectivity index (χ2v) is 10.1. The molecule has 0 bridgehead atoms. The number of carbonyl (C=O) groups excluding carboxylic acids is 1. The highest BCUT2D eigenvalue weighted by Gasteiger charge is 2.42. The Bertz CT molecular complexity index is 765. The zero-order chi connectivity index (χ0) is 17.1. The van der Waals surface area contributed by atoms with Gasteiger partial charge in [-0.1, -0.05) is 6.07 Å². The number of sulfone groups is 1. The maximum absolute atomic E-state index is 11.9. The number of carbonyl (C=O) groups is 1. The fraction of sp³-hybridized carbons (Fsp3) is 0.400. The van der Waals surface area contributed by atoms with Crippen LogP contribution in [0.4, 0.5) is 0 Å². The van der Waals surface area contributed by atoms with E-state index >= 15 is 0 Å². The van der Waals surface area contributed by atoms with Gasteiger partial charge in [-0.2, -0.15) is 0 Å². The van der Waals surface area contributed by atoms with Crippen molar-refractivity contribution in [3.63, 3.8) is 0 Å². The monoisotopic (exact) mass is 373 g/mol. The van der Waals surface area contributed by atoms with Gasteiger partial charge in [0.25, 0.3) is 5.91 Å². The van der Waals surface area contributed by atoms with Gasteiger partial charge < -0.3 is 0 Å². The Labute approximate surface area is 143 Å². The first kappa shape index (κ1) is 18.1. The molecule has 0 spiro atoms. The van der Waals surface area contributed by atoms with E-state index < -0.39 is 20.5 Å². The van der Waals surface area contributed by atoms with Crippen molar-refractivity contribution in [3.05, 3.63) is 34.5 Å². The van der Waals surface area contributed by atoms with E-state index in [1.54, 1.807) is 22.7 Å². The largest absolute Gasteiger partial charge is 0.289 e. The molecule has 0 fully saturated rings. The van der Waals surface area contributed by atoms with Crippen LogP contribution in [-0.2, 0) is 21.1 Å². The standard InChI is InChI=1S/C15H19NO4S3/c1-15(14(17)16-18,23(2,19)20)9-3-5-11-7-8-13(22-11)12-6-4-10-21-12/h4,6-8,10,18H,3,5,9H2,1-2H3,(H,16,17). The molecule has 2 N–H and O–H groups in total. The third-order valence-corrected chi connectivity index (χ3v) is 8.14. The van der Waals surface area contributed by atoms with Crippen LogP contribution in [0.2, 0.25) is 0 Å². The molecule has 0 saturated carbocycles. The fourth-order valence-electron chi connectivity index (χ4n) is 2.25. The zero-order valence-corrected chi connectivity index (χ0v) is 15.4. The number of rotatable bonds is 7. The van der Waals surface area contributed by atoms with Gasteiger partial charge in [0.15, 0.2) is 9.84 Å². The van der Waals surface area contributed by atoms with Crippen LogP contribution < -0.4 is 5.48 Å². The molecule has 0 aliphatic heterocycles. The van der Waals surface area contributed by atoms with Gasteiger partial charge in [-0.3, -0.25) is 10.0 Å². The summed E-state index contributed by atoms with van der Waals surface area (Å²) in [5.74, 6) is -0.884. The highest BCUT2D eigenvalue weighted by Crippen LogP contribution is 2.32. The van der Waals surface area contributed by atoms with E-state index in [0.717, 1.165) is 11.1 Å². The van der Waals surface area contributed by atoms with Crippen LogP contribution >= 0.6 is 22.7 Å². The van der Waals surface area contributed by atoms with Gasteiger partial charge in [0.05, 0.1) is 0 Å². The Hall–Kier alpha value is -1.22. The van der Waals surface area contributed by atoms with Crippen molar-refractivity contribution >= 4 is 38.4 Å². The molecule has 2 aromatic heterocycles. The normalized spacial score (nSPS) is 14.4. The molecule has 2 heterocycles. The van der Waals surface area contributed by atoms with Crippen LogP contribution in [0.5, 0.6) is 0 Å². The zero-order valence-electron chi connectivity index (χ0n) is 12.9. The lowest BCUT2D eigenvalue weighted by molar-refractivity contribution is -0.131. The third-order valence-electron chi connectivity index (χ3n) is 3.90. The first-order chi connectivity index (χ1) is 10.8. The molecular weight excluding hydrogens is 354 g/mol. The highest BCUT2D eigenvalue weighted by molar-refractivity contribution is 7.92. The van der Waals surface area contributed by atoms with E-state index in [4.69, 9.17) is 5.21 Å². The van der Waals surface area contributed by atoms with Gasteiger partial charge in [0.2, 0.25) is 0 Å². The first-order valence-corrected chi connectivity index (χ1v) is 10.6. The van der Waals surface area contributed by atoms with Crippen LogP contribution in [0.3, 0.4) is 0 Å². The van der Waals surface area contributed by atoms with Crippen LogP contribution in [-0.4, -0.2) is 30.5 Å². The summed E-state index contributed by atoms with van der Waals surface area (Å²) in [7, 11) is -3.63. The summed E-state index contributed by atoms with van der Waals surface area (Å²) in [6.07, 6.45) is 2.41. The number of hydrogen-bond donors (Lipinski definition) is 2. The molecule has 0 aliphatic carbocycles. The Kier molecular flexibility index (Phi) is 5.61. The SMILES string of the molecule is CC(CCCc1ccc(-c2cccs2)s1)(C(=O)NO)S(C)(=O)=O. The van der Waals surface area contributed by atoms with E-state index in [0.29, 0.717) is 12.8 Å². The maximum Gasteiger partial charge on any atom is 0.264 e. The summed E-state index contributed by atoms with van der Waals surface area (Å²) in [6.45, 7) is 1.35. The van der Waals surface area contributed by atoms with Gasteiger partial charge in [-0.15, -0.1) is 22.7 Å². The minimum absolute atomic E-state index is 0.157. The van der Waals surface area contributed by atoms with E-state index in [1.165, 1.54) is 22.2 Å². The minimum atomic E-state index is -3.63. The molecule has 2 aromatic rings. The molecule has 0 saturated heterocycles. The van der Waals surface area contributed by atoms with E-state index in [9.17, 15) is 13.2 Å². The van der Waals surface area contributed by atoms with Crippen LogP contribution in [0, 0.1) is 0 Å². The second kappa shape index (κ2) is 7.12. The number of hydrogen-bond acceptors (Lipinski definition) is 6. The Morgan fingerprint density at radius 1 is 1.30 bits per heavy atom. The third kappa shape index (κ3) is 4.00. The van der Waals surface area contributed by atoms with Crippen LogP contribution in [0.1, 0.15) is 24.6 Å². The van der Waals surface area contributed by atoms with Crippen molar-refractivity contribution in [1.82, 2.24) is 5.48 Å². The Morgan fingerprint density at radius 3 is 2.61 bits per heavy atom. The van der Waals surface area contributed by atoms with Gasteiger partial charge in [0, 0.05) is 20.9 Å². The summed E-state index contributed by atoms with van der Waals surface area (Å²) in [5.41, 5.74) is 1.47. The molecule has 1 unspecified atom stereocenters. The maximum atomic E-state index is 11.9. The molecule has 0 radical (unpaired) electrons. The van der Waals surface area contributed by atoms with Crippen LogP contribution in [0.15, 0.2) is 29.6 Å².